The number of nitrogens with zero attached hydrogens (tertiary/aromatic N) is 4. The lowest BCUT2D eigenvalue weighted by molar-refractivity contribution is -0.145. The van der Waals surface area contributed by atoms with Crippen molar-refractivity contribution in [3.05, 3.63) is 42.0 Å². The average Bonchev–Trinajstić information content (AvgIpc) is 3.01. The molecule has 2 aromatic heterocycles. The minimum atomic E-state index is -4.66. The number of halogens is 6. The van der Waals surface area contributed by atoms with E-state index < -0.39 is 47.6 Å². The number of ether oxygens (including phenoxy) is 2. The zero-order chi connectivity index (χ0) is 23.3. The topological polar surface area (TPSA) is 72.4 Å². The number of nitrogens with one attached hydrogen (secondary N) is 1. The first-order valence-electron chi connectivity index (χ1n) is 9.61. The molecule has 0 aliphatic carbocycles. The molecule has 174 valence electrons. The van der Waals surface area contributed by atoms with Crippen molar-refractivity contribution >= 4 is 11.6 Å². The number of piperidine rings is 1. The zero-order valence-corrected chi connectivity index (χ0v) is 16.9. The molecule has 7 nitrogen and oxygen atoms in total. The highest BCUT2D eigenvalue weighted by atomic mass is 19.4. The first kappa shape index (κ1) is 22.5. The molecule has 2 aromatic rings. The van der Waals surface area contributed by atoms with Gasteiger partial charge in [-0.15, -0.1) is 0 Å². The highest BCUT2D eigenvalue weighted by Gasteiger charge is 2.49. The van der Waals surface area contributed by atoms with Gasteiger partial charge in [0.1, 0.15) is 23.8 Å². The number of hydrogen-bond acceptors (Lipinski definition) is 7. The molecule has 2 fully saturated rings. The summed E-state index contributed by atoms with van der Waals surface area (Å²) in [7, 11) is 0. The number of pyridine rings is 1. The van der Waals surface area contributed by atoms with Crippen molar-refractivity contribution in [2.24, 2.45) is 0 Å². The largest absolute Gasteiger partial charge is 0.434 e. The van der Waals surface area contributed by atoms with Gasteiger partial charge in [0, 0.05) is 19.3 Å². The lowest BCUT2D eigenvalue weighted by Gasteiger charge is -2.40. The third-order valence-corrected chi connectivity index (χ3v) is 5.09. The second-order valence-corrected chi connectivity index (χ2v) is 7.98. The molecule has 2 aliphatic heterocycles. The normalized spacial score (nSPS) is 25.5. The standard InChI is InChI=1S/C19H19F6N5O2/c1-17(2)31-12-9-30(15-4-3-10(5-27-15)18(20,21)22)8-11(16(12)32-17)28-14-7-26-6-13(29-14)19(23,24)25/h3-7,11-12,16H,8-9H2,1-2H3,(H,28,29)/t11-,12-,16+/m0/s1. The fourth-order valence-electron chi connectivity index (χ4n) is 3.80. The summed E-state index contributed by atoms with van der Waals surface area (Å²) < 4.78 is 89.4. The Hall–Kier alpha value is -2.67. The summed E-state index contributed by atoms with van der Waals surface area (Å²) in [4.78, 5) is 12.8. The predicted octanol–water partition coefficient (Wildman–Crippen LogP) is 3.73. The molecule has 0 bridgehead atoms. The van der Waals surface area contributed by atoms with Crippen LogP contribution >= 0.6 is 0 Å². The van der Waals surface area contributed by atoms with Crippen LogP contribution in [0, 0.1) is 0 Å². The lowest BCUT2D eigenvalue weighted by Crippen LogP contribution is -2.57. The van der Waals surface area contributed by atoms with E-state index in [-0.39, 0.29) is 24.7 Å². The van der Waals surface area contributed by atoms with Gasteiger partial charge in [-0.1, -0.05) is 0 Å². The molecule has 0 saturated carbocycles. The van der Waals surface area contributed by atoms with Gasteiger partial charge in [0.15, 0.2) is 11.5 Å². The SMILES string of the molecule is CC1(C)O[C@@H]2[C@@H](Nc3cncc(C(F)(F)F)n3)CN(c3ccc(C(F)(F)F)cn3)C[C@@H]2O1. The molecule has 3 atom stereocenters. The molecule has 0 unspecified atom stereocenters. The van der Waals surface area contributed by atoms with E-state index in [9.17, 15) is 26.3 Å². The molecule has 13 heteroatoms. The fraction of sp³-hybridized carbons (Fsp3) is 0.526. The number of rotatable bonds is 3. The van der Waals surface area contributed by atoms with Gasteiger partial charge in [-0.05, 0) is 26.0 Å². The van der Waals surface area contributed by atoms with Crippen LogP contribution in [0.25, 0.3) is 0 Å². The Morgan fingerprint density at radius 1 is 1.00 bits per heavy atom. The van der Waals surface area contributed by atoms with Crippen LogP contribution in [0.3, 0.4) is 0 Å². The average molecular weight is 463 g/mol. The summed E-state index contributed by atoms with van der Waals surface area (Å²) in [5.74, 6) is -0.788. The van der Waals surface area contributed by atoms with Crippen molar-refractivity contribution in [1.82, 2.24) is 15.0 Å². The van der Waals surface area contributed by atoms with Gasteiger partial charge >= 0.3 is 12.4 Å². The van der Waals surface area contributed by atoms with E-state index in [4.69, 9.17) is 9.47 Å². The summed E-state index contributed by atoms with van der Waals surface area (Å²) >= 11 is 0. The van der Waals surface area contributed by atoms with Gasteiger partial charge in [0.05, 0.1) is 24.0 Å². The van der Waals surface area contributed by atoms with Crippen molar-refractivity contribution in [3.63, 3.8) is 0 Å². The quantitative estimate of drug-likeness (QED) is 0.696. The van der Waals surface area contributed by atoms with Gasteiger partial charge in [-0.3, -0.25) is 4.98 Å². The van der Waals surface area contributed by atoms with Gasteiger partial charge in [-0.25, -0.2) is 9.97 Å². The Kier molecular flexibility index (Phi) is 5.44. The van der Waals surface area contributed by atoms with Crippen molar-refractivity contribution in [2.75, 3.05) is 23.3 Å². The molecule has 1 N–H and O–H groups in total. The van der Waals surface area contributed by atoms with Crippen LogP contribution in [-0.4, -0.2) is 52.1 Å². The van der Waals surface area contributed by atoms with Crippen LogP contribution in [-0.2, 0) is 21.8 Å². The molecule has 2 aliphatic rings. The summed E-state index contributed by atoms with van der Waals surface area (Å²) in [6.45, 7) is 3.86. The van der Waals surface area contributed by atoms with Crippen LogP contribution in [0.1, 0.15) is 25.1 Å². The van der Waals surface area contributed by atoms with Gasteiger partial charge in [0.2, 0.25) is 0 Å². The van der Waals surface area contributed by atoms with E-state index in [0.717, 1.165) is 18.5 Å². The van der Waals surface area contributed by atoms with Crippen LogP contribution in [0.2, 0.25) is 0 Å². The highest BCUT2D eigenvalue weighted by molar-refractivity contribution is 5.44. The van der Waals surface area contributed by atoms with E-state index in [2.05, 4.69) is 20.3 Å². The Bertz CT molecular complexity index is 966. The number of alkyl halides is 6. The molecular formula is C19H19F6N5O2. The van der Waals surface area contributed by atoms with Gasteiger partial charge in [0.25, 0.3) is 0 Å². The van der Waals surface area contributed by atoms with E-state index >= 15 is 0 Å². The minimum absolute atomic E-state index is 0.112. The summed E-state index contributed by atoms with van der Waals surface area (Å²) in [5.41, 5.74) is -2.04. The molecule has 2 saturated heterocycles. The van der Waals surface area contributed by atoms with Crippen LogP contribution < -0.4 is 10.2 Å². The Morgan fingerprint density at radius 2 is 1.75 bits per heavy atom. The summed E-state index contributed by atoms with van der Waals surface area (Å²) in [6, 6.07) is 1.56. The first-order chi connectivity index (χ1) is 14.8. The third-order valence-electron chi connectivity index (χ3n) is 5.09. The molecule has 0 spiro atoms. The van der Waals surface area contributed by atoms with E-state index in [0.29, 0.717) is 6.20 Å². The molecule has 32 heavy (non-hydrogen) atoms. The fourth-order valence-corrected chi connectivity index (χ4v) is 3.80. The van der Waals surface area contributed by atoms with Crippen molar-refractivity contribution in [3.8, 4) is 0 Å². The van der Waals surface area contributed by atoms with E-state index in [1.807, 2.05) is 0 Å². The lowest BCUT2D eigenvalue weighted by atomic mass is 9.99. The van der Waals surface area contributed by atoms with E-state index in [1.165, 1.54) is 6.07 Å². The molecular weight excluding hydrogens is 444 g/mol. The monoisotopic (exact) mass is 463 g/mol. The van der Waals surface area contributed by atoms with Crippen LogP contribution in [0.15, 0.2) is 30.7 Å². The van der Waals surface area contributed by atoms with Gasteiger partial charge < -0.3 is 19.7 Å². The molecule has 0 radical (unpaired) electrons. The summed E-state index contributed by atoms with van der Waals surface area (Å²) in [6.07, 6.45) is -7.71. The predicted molar refractivity (Wildman–Crippen MR) is 99.7 cm³/mol. The molecule has 0 aromatic carbocycles. The zero-order valence-electron chi connectivity index (χ0n) is 16.9. The second kappa shape index (κ2) is 7.73. The maximum absolute atomic E-state index is 13.0. The maximum atomic E-state index is 13.0. The van der Waals surface area contributed by atoms with Crippen molar-refractivity contribution in [2.45, 2.75) is 50.2 Å². The number of fused-ring (bicyclic) bond motifs is 1. The highest BCUT2D eigenvalue weighted by Crippen LogP contribution is 2.36. The number of aromatic nitrogens is 3. The maximum Gasteiger partial charge on any atom is 0.434 e. The molecule has 4 rings (SSSR count). The Morgan fingerprint density at radius 3 is 2.38 bits per heavy atom. The Balaban J connectivity index is 1.59. The first-order valence-corrected chi connectivity index (χ1v) is 9.61. The van der Waals surface area contributed by atoms with Crippen LogP contribution in [0.4, 0.5) is 38.0 Å². The van der Waals surface area contributed by atoms with Crippen LogP contribution in [0.5, 0.6) is 0 Å². The minimum Gasteiger partial charge on any atom is -0.362 e. The molecule has 0 amide bonds. The van der Waals surface area contributed by atoms with Crippen molar-refractivity contribution in [1.29, 1.82) is 0 Å². The van der Waals surface area contributed by atoms with E-state index in [1.54, 1.807) is 18.7 Å². The number of anilines is 2. The third kappa shape index (κ3) is 4.72. The van der Waals surface area contributed by atoms with Gasteiger partial charge in [-0.2, -0.15) is 26.3 Å². The molecule has 4 heterocycles. The van der Waals surface area contributed by atoms with Crippen molar-refractivity contribution < 1.29 is 35.8 Å². The smallest absolute Gasteiger partial charge is 0.362 e. The number of hydrogen-bond donors (Lipinski definition) is 1. The second-order valence-electron chi connectivity index (χ2n) is 7.98. The summed E-state index contributed by atoms with van der Waals surface area (Å²) in [5, 5.41) is 2.91. The Labute approximate surface area is 178 Å².